The van der Waals surface area contributed by atoms with E-state index >= 15 is 0 Å². The summed E-state index contributed by atoms with van der Waals surface area (Å²) >= 11 is 5.41. The molecule has 1 aromatic heterocycles. The van der Waals surface area contributed by atoms with Gasteiger partial charge >= 0.3 is 0 Å². The second kappa shape index (κ2) is 5.33. The van der Waals surface area contributed by atoms with Crippen molar-refractivity contribution < 1.29 is 9.13 Å². The molecule has 0 saturated heterocycles. The van der Waals surface area contributed by atoms with E-state index in [-0.39, 0.29) is 11.9 Å². The number of methoxy groups -OCH3 is 1. The van der Waals surface area contributed by atoms with Gasteiger partial charge in [-0.15, -0.1) is 0 Å². The van der Waals surface area contributed by atoms with E-state index in [1.807, 2.05) is 35.8 Å². The van der Waals surface area contributed by atoms with E-state index in [9.17, 15) is 4.39 Å². The topological polar surface area (TPSA) is 29.9 Å². The van der Waals surface area contributed by atoms with Gasteiger partial charge < -0.3 is 14.3 Å². The molecule has 21 heavy (non-hydrogen) atoms. The molecule has 1 atom stereocenters. The van der Waals surface area contributed by atoms with Crippen LogP contribution in [-0.2, 0) is 0 Å². The predicted molar refractivity (Wildman–Crippen MR) is 83.9 cm³/mol. The highest BCUT2D eigenvalue weighted by Gasteiger charge is 2.17. The van der Waals surface area contributed by atoms with E-state index < -0.39 is 0 Å². The van der Waals surface area contributed by atoms with Crippen molar-refractivity contribution in [2.75, 3.05) is 7.11 Å². The first-order valence-electron chi connectivity index (χ1n) is 6.65. The molecule has 2 aromatic carbocycles. The highest BCUT2D eigenvalue weighted by molar-refractivity contribution is 7.71. The van der Waals surface area contributed by atoms with Crippen LogP contribution in [0.1, 0.15) is 18.5 Å². The number of benzene rings is 2. The largest absolute Gasteiger partial charge is 0.494 e. The smallest absolute Gasteiger partial charge is 0.178 e. The summed E-state index contributed by atoms with van der Waals surface area (Å²) in [6.07, 6.45) is 0. The number of hydrogen-bond acceptors (Lipinski definition) is 2. The number of H-pyrrole nitrogens is 1. The van der Waals surface area contributed by atoms with Crippen molar-refractivity contribution in [3.63, 3.8) is 0 Å². The Balaban J connectivity index is 2.24. The van der Waals surface area contributed by atoms with Gasteiger partial charge in [-0.05, 0) is 37.3 Å². The molecule has 0 spiro atoms. The SMILES string of the molecule is COc1cccc2c1[nH]c(=S)n2C(C)c1ccccc1F. The Morgan fingerprint density at radius 2 is 1.95 bits per heavy atom. The Morgan fingerprint density at radius 1 is 1.19 bits per heavy atom. The third-order valence-electron chi connectivity index (χ3n) is 3.68. The lowest BCUT2D eigenvalue weighted by Crippen LogP contribution is -2.08. The van der Waals surface area contributed by atoms with Gasteiger partial charge in [0.15, 0.2) is 4.77 Å². The van der Waals surface area contributed by atoms with Crippen molar-refractivity contribution in [1.82, 2.24) is 9.55 Å². The third kappa shape index (κ3) is 2.23. The molecule has 0 saturated carbocycles. The van der Waals surface area contributed by atoms with Crippen LogP contribution in [0.2, 0.25) is 0 Å². The summed E-state index contributed by atoms with van der Waals surface area (Å²) in [4.78, 5) is 3.15. The number of nitrogens with zero attached hydrogens (tertiary/aromatic N) is 1. The Bertz CT molecular complexity index is 853. The van der Waals surface area contributed by atoms with Crippen molar-refractivity contribution in [2.45, 2.75) is 13.0 Å². The van der Waals surface area contributed by atoms with Crippen molar-refractivity contribution in [3.05, 3.63) is 58.6 Å². The molecule has 1 N–H and O–H groups in total. The van der Waals surface area contributed by atoms with Crippen LogP contribution in [0.3, 0.4) is 0 Å². The lowest BCUT2D eigenvalue weighted by molar-refractivity contribution is 0.419. The number of hydrogen-bond donors (Lipinski definition) is 1. The second-order valence-electron chi connectivity index (χ2n) is 4.85. The van der Waals surface area contributed by atoms with Crippen LogP contribution in [0.25, 0.3) is 11.0 Å². The molecule has 3 rings (SSSR count). The highest BCUT2D eigenvalue weighted by atomic mass is 32.1. The van der Waals surface area contributed by atoms with Gasteiger partial charge in [-0.2, -0.15) is 0 Å². The number of fused-ring (bicyclic) bond motifs is 1. The fraction of sp³-hybridized carbons (Fsp3) is 0.188. The molecule has 1 unspecified atom stereocenters. The number of ether oxygens (including phenoxy) is 1. The zero-order chi connectivity index (χ0) is 15.0. The molecular weight excluding hydrogens is 287 g/mol. The lowest BCUT2D eigenvalue weighted by Gasteiger charge is -2.16. The summed E-state index contributed by atoms with van der Waals surface area (Å²) in [6, 6.07) is 12.3. The molecule has 0 aliphatic heterocycles. The Labute approximate surface area is 127 Å². The molecule has 0 aliphatic rings. The molecule has 0 bridgehead atoms. The number of rotatable bonds is 3. The molecule has 0 fully saturated rings. The summed E-state index contributed by atoms with van der Waals surface area (Å²) in [5, 5.41) is 0. The van der Waals surface area contributed by atoms with Crippen LogP contribution >= 0.6 is 12.2 Å². The van der Waals surface area contributed by atoms with E-state index in [4.69, 9.17) is 17.0 Å². The Kier molecular flexibility index (Phi) is 3.51. The van der Waals surface area contributed by atoms with Crippen molar-refractivity contribution in [3.8, 4) is 5.75 Å². The van der Waals surface area contributed by atoms with E-state index in [0.717, 1.165) is 16.8 Å². The van der Waals surface area contributed by atoms with Crippen LogP contribution in [0.15, 0.2) is 42.5 Å². The van der Waals surface area contributed by atoms with E-state index in [1.54, 1.807) is 19.2 Å². The standard InChI is InChI=1S/C16H15FN2OS/c1-10(11-6-3-4-7-12(11)17)19-13-8-5-9-14(20-2)15(13)18-16(19)21/h3-10H,1-2H3,(H,18,21). The molecule has 0 amide bonds. The minimum Gasteiger partial charge on any atom is -0.494 e. The first kappa shape index (κ1) is 13.8. The Morgan fingerprint density at radius 3 is 2.67 bits per heavy atom. The zero-order valence-electron chi connectivity index (χ0n) is 11.8. The van der Waals surface area contributed by atoms with E-state index in [2.05, 4.69) is 4.98 Å². The van der Waals surface area contributed by atoms with Gasteiger partial charge in [0.1, 0.15) is 17.1 Å². The van der Waals surface area contributed by atoms with Crippen molar-refractivity contribution in [2.24, 2.45) is 0 Å². The van der Waals surface area contributed by atoms with E-state index in [0.29, 0.717) is 10.3 Å². The van der Waals surface area contributed by atoms with Gasteiger partial charge in [-0.25, -0.2) is 4.39 Å². The minimum atomic E-state index is -0.232. The monoisotopic (exact) mass is 302 g/mol. The fourth-order valence-electron chi connectivity index (χ4n) is 2.63. The van der Waals surface area contributed by atoms with Crippen LogP contribution in [0.4, 0.5) is 4.39 Å². The average Bonchev–Trinajstić information content (AvgIpc) is 2.82. The summed E-state index contributed by atoms with van der Waals surface area (Å²) in [6.45, 7) is 1.93. The average molecular weight is 302 g/mol. The number of halogens is 1. The van der Waals surface area contributed by atoms with Crippen molar-refractivity contribution >= 4 is 23.3 Å². The Hall–Kier alpha value is -2.14. The second-order valence-corrected chi connectivity index (χ2v) is 5.24. The van der Waals surface area contributed by atoms with Gasteiger partial charge in [-0.1, -0.05) is 24.3 Å². The maximum Gasteiger partial charge on any atom is 0.178 e. The van der Waals surface area contributed by atoms with Crippen LogP contribution in [-0.4, -0.2) is 16.7 Å². The van der Waals surface area contributed by atoms with Gasteiger partial charge in [-0.3, -0.25) is 0 Å². The predicted octanol–water partition coefficient (Wildman–Crippen LogP) is 4.46. The van der Waals surface area contributed by atoms with Gasteiger partial charge in [0.05, 0.1) is 18.7 Å². The maximum atomic E-state index is 14.0. The number of para-hydroxylation sites is 1. The summed E-state index contributed by atoms with van der Waals surface area (Å²) < 4.78 is 21.8. The van der Waals surface area contributed by atoms with Crippen molar-refractivity contribution in [1.29, 1.82) is 0 Å². The van der Waals surface area contributed by atoms with Crippen LogP contribution in [0, 0.1) is 10.6 Å². The maximum absolute atomic E-state index is 14.0. The third-order valence-corrected chi connectivity index (χ3v) is 3.98. The molecule has 3 nitrogen and oxygen atoms in total. The number of imidazole rings is 1. The summed E-state index contributed by atoms with van der Waals surface area (Å²) in [7, 11) is 1.61. The quantitative estimate of drug-likeness (QED) is 0.724. The van der Waals surface area contributed by atoms with Crippen LogP contribution in [0.5, 0.6) is 5.75 Å². The van der Waals surface area contributed by atoms with Gasteiger partial charge in [0.25, 0.3) is 0 Å². The highest BCUT2D eigenvalue weighted by Crippen LogP contribution is 2.30. The first-order chi connectivity index (χ1) is 10.1. The summed E-state index contributed by atoms with van der Waals surface area (Å²) in [5.41, 5.74) is 2.33. The molecule has 108 valence electrons. The number of nitrogens with one attached hydrogen (secondary N) is 1. The molecule has 0 radical (unpaired) electrons. The molecule has 1 heterocycles. The number of aromatic nitrogens is 2. The minimum absolute atomic E-state index is 0.209. The van der Waals surface area contributed by atoms with Crippen LogP contribution < -0.4 is 4.74 Å². The molecule has 3 aromatic rings. The molecule has 5 heteroatoms. The lowest BCUT2D eigenvalue weighted by atomic mass is 10.1. The number of aromatic amines is 1. The summed E-state index contributed by atoms with van der Waals surface area (Å²) in [5.74, 6) is 0.488. The fourth-order valence-corrected chi connectivity index (χ4v) is 2.99. The zero-order valence-corrected chi connectivity index (χ0v) is 12.6. The normalized spacial score (nSPS) is 12.5. The molecular formula is C16H15FN2OS. The van der Waals surface area contributed by atoms with E-state index in [1.165, 1.54) is 6.07 Å². The van der Waals surface area contributed by atoms with Gasteiger partial charge in [0.2, 0.25) is 0 Å². The van der Waals surface area contributed by atoms with Gasteiger partial charge in [0, 0.05) is 5.56 Å². The molecule has 0 aliphatic carbocycles. The first-order valence-corrected chi connectivity index (χ1v) is 7.06.